The van der Waals surface area contributed by atoms with Crippen molar-refractivity contribution < 1.29 is 0 Å². The van der Waals surface area contributed by atoms with Gasteiger partial charge in [0.2, 0.25) is 5.95 Å². The van der Waals surface area contributed by atoms with Gasteiger partial charge in [-0.05, 0) is 25.7 Å². The van der Waals surface area contributed by atoms with E-state index in [1.165, 1.54) is 12.8 Å². The molecule has 0 atom stereocenters. The quantitative estimate of drug-likeness (QED) is 0.784. The van der Waals surface area contributed by atoms with Gasteiger partial charge in [-0.15, -0.1) is 5.10 Å². The smallest absolute Gasteiger partial charge is 0.247 e. The van der Waals surface area contributed by atoms with E-state index >= 15 is 0 Å². The van der Waals surface area contributed by atoms with Gasteiger partial charge >= 0.3 is 0 Å². The first-order valence-electron chi connectivity index (χ1n) is 6.54. The van der Waals surface area contributed by atoms with Crippen LogP contribution in [-0.4, -0.2) is 34.3 Å². The number of aromatic nitrogens is 3. The van der Waals surface area contributed by atoms with E-state index in [1.54, 1.807) is 6.20 Å². The minimum Gasteiger partial charge on any atom is -0.366 e. The lowest BCUT2D eigenvalue weighted by Crippen LogP contribution is -2.27. The zero-order chi connectivity index (χ0) is 12.1. The molecule has 0 aromatic carbocycles. The van der Waals surface area contributed by atoms with E-state index in [4.69, 9.17) is 0 Å². The number of nitrogens with one attached hydrogen (secondary N) is 1. The first kappa shape index (κ1) is 12.1. The highest BCUT2D eigenvalue weighted by Crippen LogP contribution is 2.23. The fourth-order valence-corrected chi connectivity index (χ4v) is 1.79. The monoisotopic (exact) mass is 235 g/mol. The van der Waals surface area contributed by atoms with Gasteiger partial charge in [-0.1, -0.05) is 13.8 Å². The number of nitrogens with zero attached hydrogens (tertiary/aromatic N) is 4. The molecule has 1 fully saturated rings. The van der Waals surface area contributed by atoms with Crippen LogP contribution in [0.4, 0.5) is 11.8 Å². The Morgan fingerprint density at radius 1 is 1.29 bits per heavy atom. The Morgan fingerprint density at radius 2 is 2.00 bits per heavy atom. The maximum Gasteiger partial charge on any atom is 0.247 e. The normalized spacial score (nSPS) is 14.7. The molecule has 0 spiro atoms. The third-order valence-corrected chi connectivity index (χ3v) is 2.75. The molecule has 2 rings (SSSR count). The van der Waals surface area contributed by atoms with Crippen molar-refractivity contribution in [2.45, 2.75) is 45.6 Å². The summed E-state index contributed by atoms with van der Waals surface area (Å²) in [6.45, 7) is 6.32. The molecule has 1 aliphatic rings. The summed E-state index contributed by atoms with van der Waals surface area (Å²) in [4.78, 5) is 6.73. The minimum absolute atomic E-state index is 0.602. The Bertz CT molecular complexity index is 345. The summed E-state index contributed by atoms with van der Waals surface area (Å²) in [5, 5.41) is 11.5. The standard InChI is InChI=1S/C12H21N5/c1-3-7-17(8-4-2)12-15-11(9-13-16-12)14-10-5-6-10/h9-10H,3-8H2,1-2H3,(H,14,15,16). The topological polar surface area (TPSA) is 53.9 Å². The summed E-state index contributed by atoms with van der Waals surface area (Å²) in [5.41, 5.74) is 0. The van der Waals surface area contributed by atoms with Gasteiger partial charge in [0.15, 0.2) is 5.82 Å². The molecule has 0 bridgehead atoms. The highest BCUT2D eigenvalue weighted by molar-refractivity contribution is 5.40. The average Bonchev–Trinajstić information content (AvgIpc) is 3.13. The molecule has 1 aromatic rings. The molecule has 17 heavy (non-hydrogen) atoms. The molecule has 0 aliphatic heterocycles. The second-order valence-electron chi connectivity index (χ2n) is 4.55. The fraction of sp³-hybridized carbons (Fsp3) is 0.750. The van der Waals surface area contributed by atoms with Gasteiger partial charge in [-0.3, -0.25) is 0 Å². The maximum absolute atomic E-state index is 4.53. The first-order chi connectivity index (χ1) is 8.33. The lowest BCUT2D eigenvalue weighted by atomic mass is 10.4. The molecule has 94 valence electrons. The molecule has 1 aliphatic carbocycles. The van der Waals surface area contributed by atoms with Crippen LogP contribution < -0.4 is 10.2 Å². The van der Waals surface area contributed by atoms with E-state index in [2.05, 4.69) is 39.2 Å². The lowest BCUT2D eigenvalue weighted by molar-refractivity contribution is 0.710. The van der Waals surface area contributed by atoms with Gasteiger partial charge in [-0.25, -0.2) is 0 Å². The molecule has 0 saturated heterocycles. The van der Waals surface area contributed by atoms with Gasteiger partial charge < -0.3 is 10.2 Å². The van der Waals surface area contributed by atoms with Gasteiger partial charge in [-0.2, -0.15) is 10.1 Å². The van der Waals surface area contributed by atoms with Crippen LogP contribution >= 0.6 is 0 Å². The predicted molar refractivity (Wildman–Crippen MR) is 69.3 cm³/mol. The molecular formula is C12H21N5. The van der Waals surface area contributed by atoms with Crippen LogP contribution in [0.25, 0.3) is 0 Å². The SMILES string of the molecule is CCCN(CCC)c1nncc(NC2CC2)n1. The van der Waals surface area contributed by atoms with E-state index in [0.717, 1.165) is 37.7 Å². The van der Waals surface area contributed by atoms with Crippen molar-refractivity contribution in [2.75, 3.05) is 23.3 Å². The zero-order valence-electron chi connectivity index (χ0n) is 10.7. The van der Waals surface area contributed by atoms with Crippen molar-refractivity contribution in [1.82, 2.24) is 15.2 Å². The molecule has 0 radical (unpaired) electrons. The molecule has 0 unspecified atom stereocenters. The van der Waals surface area contributed by atoms with Crippen molar-refractivity contribution in [2.24, 2.45) is 0 Å². The number of anilines is 2. The second-order valence-corrected chi connectivity index (χ2v) is 4.55. The summed E-state index contributed by atoms with van der Waals surface area (Å²) in [6.07, 6.45) is 6.39. The van der Waals surface area contributed by atoms with Crippen LogP contribution in [-0.2, 0) is 0 Å². The summed E-state index contributed by atoms with van der Waals surface area (Å²) in [6, 6.07) is 0.602. The summed E-state index contributed by atoms with van der Waals surface area (Å²) in [7, 11) is 0. The Morgan fingerprint density at radius 3 is 2.59 bits per heavy atom. The van der Waals surface area contributed by atoms with Crippen molar-refractivity contribution in [3.8, 4) is 0 Å². The molecule has 1 heterocycles. The molecule has 5 nitrogen and oxygen atoms in total. The zero-order valence-corrected chi connectivity index (χ0v) is 10.7. The van der Waals surface area contributed by atoms with Gasteiger partial charge in [0.1, 0.15) is 0 Å². The first-order valence-corrected chi connectivity index (χ1v) is 6.54. The molecule has 1 N–H and O–H groups in total. The van der Waals surface area contributed by atoms with Crippen molar-refractivity contribution in [1.29, 1.82) is 0 Å². The van der Waals surface area contributed by atoms with Crippen molar-refractivity contribution in [3.63, 3.8) is 0 Å². The van der Waals surface area contributed by atoms with Crippen LogP contribution in [0.2, 0.25) is 0 Å². The van der Waals surface area contributed by atoms with Gasteiger partial charge in [0.25, 0.3) is 0 Å². The van der Waals surface area contributed by atoms with E-state index < -0.39 is 0 Å². The third-order valence-electron chi connectivity index (χ3n) is 2.75. The number of hydrogen-bond donors (Lipinski definition) is 1. The molecule has 1 saturated carbocycles. The Kier molecular flexibility index (Phi) is 4.12. The van der Waals surface area contributed by atoms with Crippen LogP contribution in [0.5, 0.6) is 0 Å². The number of hydrogen-bond acceptors (Lipinski definition) is 5. The molecule has 5 heteroatoms. The van der Waals surface area contributed by atoms with E-state index in [-0.39, 0.29) is 0 Å². The molecule has 1 aromatic heterocycles. The largest absolute Gasteiger partial charge is 0.366 e. The Balaban J connectivity index is 2.05. The van der Waals surface area contributed by atoms with Gasteiger partial charge in [0.05, 0.1) is 6.20 Å². The van der Waals surface area contributed by atoms with Crippen LogP contribution in [0.3, 0.4) is 0 Å². The lowest BCUT2D eigenvalue weighted by Gasteiger charge is -2.20. The second kappa shape index (κ2) is 5.80. The molecular weight excluding hydrogens is 214 g/mol. The van der Waals surface area contributed by atoms with Crippen molar-refractivity contribution in [3.05, 3.63) is 6.20 Å². The van der Waals surface area contributed by atoms with E-state index in [9.17, 15) is 0 Å². The van der Waals surface area contributed by atoms with Crippen molar-refractivity contribution >= 4 is 11.8 Å². The Hall–Kier alpha value is -1.39. The van der Waals surface area contributed by atoms with Crippen LogP contribution in [0.1, 0.15) is 39.5 Å². The highest BCUT2D eigenvalue weighted by Gasteiger charge is 2.21. The average molecular weight is 235 g/mol. The molecule has 0 amide bonds. The summed E-state index contributed by atoms with van der Waals surface area (Å²) < 4.78 is 0. The van der Waals surface area contributed by atoms with Crippen LogP contribution in [0.15, 0.2) is 6.20 Å². The van der Waals surface area contributed by atoms with Crippen LogP contribution in [0, 0.1) is 0 Å². The maximum atomic E-state index is 4.53. The summed E-state index contributed by atoms with van der Waals surface area (Å²) >= 11 is 0. The van der Waals surface area contributed by atoms with Gasteiger partial charge in [0, 0.05) is 19.1 Å². The highest BCUT2D eigenvalue weighted by atomic mass is 15.3. The number of rotatable bonds is 7. The minimum atomic E-state index is 0.602. The third kappa shape index (κ3) is 3.54. The van der Waals surface area contributed by atoms with E-state index in [0.29, 0.717) is 6.04 Å². The fourth-order valence-electron chi connectivity index (χ4n) is 1.79. The Labute approximate surface area is 103 Å². The summed E-state index contributed by atoms with van der Waals surface area (Å²) in [5.74, 6) is 1.61. The predicted octanol–water partition coefficient (Wildman–Crippen LogP) is 2.07. The van der Waals surface area contributed by atoms with E-state index in [1.807, 2.05) is 0 Å².